The van der Waals surface area contributed by atoms with Crippen LogP contribution in [0.1, 0.15) is 5.56 Å². The molecule has 84 valence electrons. The maximum Gasteiger partial charge on any atom is 0.228 e. The van der Waals surface area contributed by atoms with Crippen molar-refractivity contribution in [2.75, 3.05) is 24.3 Å². The molecule has 3 N–H and O–H groups in total. The zero-order chi connectivity index (χ0) is 11.1. The zero-order valence-corrected chi connectivity index (χ0v) is 9.47. The summed E-state index contributed by atoms with van der Waals surface area (Å²) in [6.07, 6.45) is 0.441. The fourth-order valence-corrected chi connectivity index (χ4v) is 2.91. The van der Waals surface area contributed by atoms with Crippen LogP contribution >= 0.6 is 11.8 Å². The molecule has 16 heavy (non-hydrogen) atoms. The topological polar surface area (TPSA) is 64.3 Å². The number of amides is 1. The normalized spacial score (nSPS) is 19.1. The standard InChI is InChI=1S/C11H12N2O2S/c12-8-1-6-2-11(14)13-9(6)3-10(8)16-7-4-15-5-7/h1,3,7H,2,4-5,12H2,(H,13,14). The molecular weight excluding hydrogens is 224 g/mol. The van der Waals surface area contributed by atoms with Gasteiger partial charge in [-0.15, -0.1) is 11.8 Å². The van der Waals surface area contributed by atoms with Gasteiger partial charge in [0, 0.05) is 16.3 Å². The second-order valence-corrected chi connectivity index (χ2v) is 5.39. The molecular formula is C11H12N2O2S. The number of hydrogen-bond acceptors (Lipinski definition) is 4. The van der Waals surface area contributed by atoms with Crippen LogP contribution in [0.25, 0.3) is 0 Å². The fraction of sp³-hybridized carbons (Fsp3) is 0.364. The summed E-state index contributed by atoms with van der Waals surface area (Å²) < 4.78 is 5.13. The molecule has 2 heterocycles. The van der Waals surface area contributed by atoms with Crippen molar-refractivity contribution in [3.63, 3.8) is 0 Å². The third-order valence-corrected chi connectivity index (χ3v) is 3.97. The van der Waals surface area contributed by atoms with Crippen molar-refractivity contribution in [1.82, 2.24) is 0 Å². The molecule has 2 aliphatic heterocycles. The van der Waals surface area contributed by atoms with E-state index < -0.39 is 0 Å². The third-order valence-electron chi connectivity index (χ3n) is 2.76. The Morgan fingerprint density at radius 2 is 2.25 bits per heavy atom. The third kappa shape index (κ3) is 1.66. The van der Waals surface area contributed by atoms with Crippen LogP contribution in [-0.4, -0.2) is 24.4 Å². The SMILES string of the molecule is Nc1cc2c(cc1SC1COC1)NC(=O)C2. The summed E-state index contributed by atoms with van der Waals surface area (Å²) in [5.41, 5.74) is 8.62. The zero-order valence-electron chi connectivity index (χ0n) is 8.66. The predicted molar refractivity (Wildman–Crippen MR) is 63.7 cm³/mol. The van der Waals surface area contributed by atoms with Gasteiger partial charge in [-0.2, -0.15) is 0 Å². The first-order chi connectivity index (χ1) is 7.72. The monoisotopic (exact) mass is 236 g/mol. The molecule has 0 aliphatic carbocycles. The van der Waals surface area contributed by atoms with Crippen LogP contribution < -0.4 is 11.1 Å². The summed E-state index contributed by atoms with van der Waals surface area (Å²) in [5, 5.41) is 3.33. The molecule has 2 aliphatic rings. The van der Waals surface area contributed by atoms with Crippen molar-refractivity contribution in [2.24, 2.45) is 0 Å². The van der Waals surface area contributed by atoms with Crippen LogP contribution in [-0.2, 0) is 16.0 Å². The predicted octanol–water partition coefficient (Wildman–Crippen LogP) is 1.25. The number of carbonyl (C=O) groups excluding carboxylic acids is 1. The molecule has 1 aromatic rings. The number of nitrogens with two attached hydrogens (primary N) is 1. The first-order valence-corrected chi connectivity index (χ1v) is 6.07. The highest BCUT2D eigenvalue weighted by molar-refractivity contribution is 8.00. The summed E-state index contributed by atoms with van der Waals surface area (Å²) in [7, 11) is 0. The first-order valence-electron chi connectivity index (χ1n) is 5.19. The van der Waals surface area contributed by atoms with E-state index in [0.29, 0.717) is 11.7 Å². The van der Waals surface area contributed by atoms with Crippen molar-refractivity contribution in [3.05, 3.63) is 17.7 Å². The maximum absolute atomic E-state index is 11.2. The fourth-order valence-electron chi connectivity index (χ4n) is 1.84. The van der Waals surface area contributed by atoms with E-state index >= 15 is 0 Å². The van der Waals surface area contributed by atoms with Crippen molar-refractivity contribution in [2.45, 2.75) is 16.6 Å². The summed E-state index contributed by atoms with van der Waals surface area (Å²) in [6.45, 7) is 1.57. The molecule has 1 amide bonds. The van der Waals surface area contributed by atoms with Crippen molar-refractivity contribution >= 4 is 29.0 Å². The Morgan fingerprint density at radius 3 is 2.94 bits per heavy atom. The number of fused-ring (bicyclic) bond motifs is 1. The van der Waals surface area contributed by atoms with Gasteiger partial charge in [0.15, 0.2) is 0 Å². The Morgan fingerprint density at radius 1 is 1.44 bits per heavy atom. The van der Waals surface area contributed by atoms with Gasteiger partial charge in [0.05, 0.1) is 24.9 Å². The highest BCUT2D eigenvalue weighted by Gasteiger charge is 2.23. The second kappa shape index (κ2) is 3.68. The van der Waals surface area contributed by atoms with E-state index in [4.69, 9.17) is 10.5 Å². The van der Waals surface area contributed by atoms with Crippen LogP contribution in [0, 0.1) is 0 Å². The highest BCUT2D eigenvalue weighted by atomic mass is 32.2. The molecule has 0 radical (unpaired) electrons. The molecule has 1 saturated heterocycles. The van der Waals surface area contributed by atoms with Crippen LogP contribution in [0.4, 0.5) is 11.4 Å². The van der Waals surface area contributed by atoms with E-state index in [2.05, 4.69) is 5.32 Å². The minimum atomic E-state index is 0.0449. The van der Waals surface area contributed by atoms with Crippen LogP contribution in [0.15, 0.2) is 17.0 Å². The Kier molecular flexibility index (Phi) is 2.29. The van der Waals surface area contributed by atoms with Crippen LogP contribution in [0.2, 0.25) is 0 Å². The van der Waals surface area contributed by atoms with Gasteiger partial charge in [-0.1, -0.05) is 0 Å². The van der Waals surface area contributed by atoms with E-state index in [1.807, 2.05) is 12.1 Å². The summed E-state index contributed by atoms with van der Waals surface area (Å²) in [6, 6.07) is 3.87. The number of hydrogen-bond donors (Lipinski definition) is 2. The lowest BCUT2D eigenvalue weighted by atomic mass is 10.1. The highest BCUT2D eigenvalue weighted by Crippen LogP contribution is 2.37. The van der Waals surface area contributed by atoms with Gasteiger partial charge in [-0.05, 0) is 17.7 Å². The van der Waals surface area contributed by atoms with E-state index in [1.165, 1.54) is 0 Å². The molecule has 3 rings (SSSR count). The van der Waals surface area contributed by atoms with Crippen molar-refractivity contribution in [3.8, 4) is 0 Å². The van der Waals surface area contributed by atoms with Crippen molar-refractivity contribution < 1.29 is 9.53 Å². The number of ether oxygens (including phenoxy) is 1. The molecule has 0 atom stereocenters. The smallest absolute Gasteiger partial charge is 0.228 e. The van der Waals surface area contributed by atoms with Gasteiger partial charge in [-0.3, -0.25) is 4.79 Å². The lowest BCUT2D eigenvalue weighted by Gasteiger charge is -2.25. The van der Waals surface area contributed by atoms with E-state index in [1.54, 1.807) is 11.8 Å². The van der Waals surface area contributed by atoms with E-state index in [-0.39, 0.29) is 5.91 Å². The van der Waals surface area contributed by atoms with Gasteiger partial charge in [0.25, 0.3) is 0 Å². The largest absolute Gasteiger partial charge is 0.398 e. The first kappa shape index (κ1) is 9.99. The summed E-state index contributed by atoms with van der Waals surface area (Å²) in [4.78, 5) is 12.3. The van der Waals surface area contributed by atoms with Gasteiger partial charge in [0.2, 0.25) is 5.91 Å². The lowest BCUT2D eigenvalue weighted by molar-refractivity contribution is -0.115. The van der Waals surface area contributed by atoms with Gasteiger partial charge < -0.3 is 15.8 Å². The lowest BCUT2D eigenvalue weighted by Crippen LogP contribution is -2.30. The second-order valence-electron chi connectivity index (χ2n) is 4.05. The Bertz CT molecular complexity index is 458. The molecule has 0 spiro atoms. The number of anilines is 2. The van der Waals surface area contributed by atoms with E-state index in [9.17, 15) is 4.79 Å². The minimum absolute atomic E-state index is 0.0449. The molecule has 5 heteroatoms. The average molecular weight is 236 g/mol. The van der Waals surface area contributed by atoms with Gasteiger partial charge in [-0.25, -0.2) is 0 Å². The Balaban J connectivity index is 1.88. The van der Waals surface area contributed by atoms with E-state index in [0.717, 1.165) is 35.0 Å². The summed E-state index contributed by atoms with van der Waals surface area (Å²) in [5.74, 6) is 0.0449. The van der Waals surface area contributed by atoms with Gasteiger partial charge >= 0.3 is 0 Å². The molecule has 1 aromatic carbocycles. The van der Waals surface area contributed by atoms with Crippen LogP contribution in [0.5, 0.6) is 0 Å². The number of thioether (sulfide) groups is 1. The molecule has 4 nitrogen and oxygen atoms in total. The molecule has 0 unspecified atom stereocenters. The Hall–Kier alpha value is -1.20. The number of nitrogen functional groups attached to an aromatic ring is 1. The quantitative estimate of drug-likeness (QED) is 0.759. The Labute approximate surface area is 97.5 Å². The molecule has 0 saturated carbocycles. The number of carbonyl (C=O) groups is 1. The number of rotatable bonds is 2. The molecule has 1 fully saturated rings. The maximum atomic E-state index is 11.2. The number of benzene rings is 1. The minimum Gasteiger partial charge on any atom is -0.398 e. The number of nitrogens with one attached hydrogen (secondary N) is 1. The van der Waals surface area contributed by atoms with Crippen molar-refractivity contribution in [1.29, 1.82) is 0 Å². The van der Waals surface area contributed by atoms with Crippen LogP contribution in [0.3, 0.4) is 0 Å². The average Bonchev–Trinajstić information content (AvgIpc) is 2.50. The van der Waals surface area contributed by atoms with Gasteiger partial charge in [0.1, 0.15) is 0 Å². The summed E-state index contributed by atoms with van der Waals surface area (Å²) >= 11 is 1.72. The molecule has 0 bridgehead atoms. The molecule has 0 aromatic heterocycles.